The van der Waals surface area contributed by atoms with Gasteiger partial charge in [-0.2, -0.15) is 5.26 Å². The molecule has 168 valence electrons. The first-order valence-corrected chi connectivity index (χ1v) is 9.37. The normalized spacial score (nSPS) is 11.9. The van der Waals surface area contributed by atoms with Crippen molar-refractivity contribution in [3.8, 4) is 17.6 Å². The highest BCUT2D eigenvalue weighted by atomic mass is 35.5. The zero-order valence-corrected chi connectivity index (χ0v) is 18.3. The van der Waals surface area contributed by atoms with E-state index in [1.54, 1.807) is 6.07 Å². The quantitative estimate of drug-likeness (QED) is 0.214. The van der Waals surface area contributed by atoms with E-state index >= 15 is 0 Å². The lowest BCUT2D eigenvalue weighted by molar-refractivity contribution is -0.386. The Labute approximate surface area is 187 Å². The summed E-state index contributed by atoms with van der Waals surface area (Å²) in [7, 11) is 2.43. The third-order valence-electron chi connectivity index (χ3n) is 5.04. The zero-order valence-electron chi connectivity index (χ0n) is 17.5. The molecule has 2 N–H and O–H groups in total. The van der Waals surface area contributed by atoms with E-state index in [0.717, 1.165) is 30.2 Å². The van der Waals surface area contributed by atoms with Crippen LogP contribution in [-0.2, 0) is 10.3 Å². The molecule has 0 aromatic heterocycles. The number of phenols is 1. The van der Waals surface area contributed by atoms with E-state index in [1.807, 2.05) is 0 Å². The number of hydrogen-bond acceptors (Lipinski definition) is 7. The fraction of sp³-hybridized carbons (Fsp3) is 0.238. The molecule has 1 amide bonds. The lowest BCUT2D eigenvalue weighted by atomic mass is 9.91. The number of likely N-dealkylation sites (N-methyl/N-ethyl adjacent to an activating group) is 1. The fourth-order valence-electron chi connectivity index (χ4n) is 2.94. The Bertz CT molecular complexity index is 1170. The van der Waals surface area contributed by atoms with Crippen LogP contribution < -0.4 is 4.74 Å². The minimum atomic E-state index is -1.30. The highest BCUT2D eigenvalue weighted by Crippen LogP contribution is 2.39. The summed E-state index contributed by atoms with van der Waals surface area (Å²) in [6.07, 6.45) is 0. The van der Waals surface area contributed by atoms with Crippen LogP contribution in [0.1, 0.15) is 25.0 Å². The number of nitro benzene ring substituents is 1. The molecule has 0 saturated heterocycles. The van der Waals surface area contributed by atoms with E-state index in [2.05, 4.69) is 0 Å². The maximum Gasteiger partial charge on any atom is 0.315 e. The molecule has 0 bridgehead atoms. The number of rotatable bonds is 6. The predicted octanol–water partition coefficient (Wildman–Crippen LogP) is 4.29. The van der Waals surface area contributed by atoms with Gasteiger partial charge >= 0.3 is 5.69 Å². The molecule has 0 fully saturated rings. The average Bonchev–Trinajstić information content (AvgIpc) is 2.74. The Kier molecular flexibility index (Phi) is 6.96. The van der Waals surface area contributed by atoms with Crippen molar-refractivity contribution in [1.29, 1.82) is 5.26 Å². The maximum absolute atomic E-state index is 14.4. The van der Waals surface area contributed by atoms with Crippen molar-refractivity contribution in [2.75, 3.05) is 14.2 Å². The van der Waals surface area contributed by atoms with Crippen molar-refractivity contribution in [1.82, 2.24) is 4.90 Å². The maximum atomic E-state index is 14.4. The summed E-state index contributed by atoms with van der Waals surface area (Å²) in [5.41, 5.74) is -3.10. The lowest BCUT2D eigenvalue weighted by Gasteiger charge is -2.36. The van der Waals surface area contributed by atoms with Gasteiger partial charge in [0.25, 0.3) is 5.91 Å². The first kappa shape index (κ1) is 24.4. The number of amides is 1. The van der Waals surface area contributed by atoms with E-state index in [0.29, 0.717) is 0 Å². The second-order valence-electron chi connectivity index (χ2n) is 7.19. The smallest absolute Gasteiger partial charge is 0.315 e. The van der Waals surface area contributed by atoms with Crippen LogP contribution in [0, 0.1) is 27.3 Å². The molecule has 0 aliphatic rings. The molecule has 0 heterocycles. The summed E-state index contributed by atoms with van der Waals surface area (Å²) in [4.78, 5) is 24.4. The Morgan fingerprint density at radius 2 is 1.97 bits per heavy atom. The number of nitrogens with zero attached hydrogens (tertiary/aromatic N) is 3. The van der Waals surface area contributed by atoms with Crippen LogP contribution in [0.5, 0.6) is 11.5 Å². The Morgan fingerprint density at radius 1 is 1.34 bits per heavy atom. The third kappa shape index (κ3) is 4.43. The predicted molar refractivity (Wildman–Crippen MR) is 114 cm³/mol. The number of nitro groups is 1. The molecular formula is C21H19ClFN3O6. The van der Waals surface area contributed by atoms with Crippen LogP contribution in [0.4, 0.5) is 10.1 Å². The van der Waals surface area contributed by atoms with Crippen LogP contribution in [0.3, 0.4) is 0 Å². The molecule has 0 aliphatic carbocycles. The number of phenolic OH excluding ortho intramolecular Hbond substituents is 1. The molecule has 0 saturated carbocycles. The van der Waals surface area contributed by atoms with Gasteiger partial charge in [0.05, 0.1) is 17.6 Å². The Morgan fingerprint density at radius 3 is 2.50 bits per heavy atom. The number of hydrogen-bond donors (Lipinski definition) is 2. The molecule has 0 unspecified atom stereocenters. The lowest BCUT2D eigenvalue weighted by Crippen LogP contribution is -2.44. The number of carbonyl (C=O) groups excluding carboxylic acids is 1. The summed E-state index contributed by atoms with van der Waals surface area (Å²) in [6.45, 7) is 3.03. The van der Waals surface area contributed by atoms with Gasteiger partial charge in [0.2, 0.25) is 5.75 Å². The van der Waals surface area contributed by atoms with Gasteiger partial charge in [-0.3, -0.25) is 14.9 Å². The van der Waals surface area contributed by atoms with Gasteiger partial charge in [0.1, 0.15) is 17.6 Å². The van der Waals surface area contributed by atoms with Gasteiger partial charge in [-0.15, -0.1) is 0 Å². The van der Waals surface area contributed by atoms with Gasteiger partial charge in [0.15, 0.2) is 11.3 Å². The minimum absolute atomic E-state index is 0.0690. The fourth-order valence-corrected chi connectivity index (χ4v) is 3.11. The SMILES string of the molecule is COc1cc(/C(O)=C(\C#N)C(=O)N(C)C(C)(C)c2cc(Cl)ccc2F)cc([N+](=O)[O-])c1O. The Hall–Kier alpha value is -3.84. The molecule has 0 spiro atoms. The van der Waals surface area contributed by atoms with Gasteiger partial charge in [-0.25, -0.2) is 4.39 Å². The first-order chi connectivity index (χ1) is 14.9. The number of aliphatic hydroxyl groups is 1. The summed E-state index contributed by atoms with van der Waals surface area (Å²) in [5.74, 6) is -3.63. The molecule has 32 heavy (non-hydrogen) atoms. The summed E-state index contributed by atoms with van der Waals surface area (Å²) in [6, 6.07) is 7.22. The van der Waals surface area contributed by atoms with E-state index in [-0.39, 0.29) is 21.9 Å². The molecule has 11 heteroatoms. The van der Waals surface area contributed by atoms with E-state index < -0.39 is 45.0 Å². The van der Waals surface area contributed by atoms with Crippen LogP contribution in [0.25, 0.3) is 5.76 Å². The molecule has 0 atom stereocenters. The highest BCUT2D eigenvalue weighted by molar-refractivity contribution is 6.30. The average molecular weight is 464 g/mol. The second kappa shape index (κ2) is 9.11. The molecule has 0 aliphatic heterocycles. The number of aliphatic hydroxyl groups excluding tert-OH is 1. The molecule has 2 rings (SSSR count). The van der Waals surface area contributed by atoms with E-state index in [4.69, 9.17) is 16.3 Å². The summed E-state index contributed by atoms with van der Waals surface area (Å²) >= 11 is 5.95. The topological polar surface area (TPSA) is 137 Å². The number of halogens is 2. The number of methoxy groups -OCH3 is 1. The van der Waals surface area contributed by atoms with Crippen LogP contribution in [0.2, 0.25) is 5.02 Å². The molecule has 2 aromatic carbocycles. The van der Waals surface area contributed by atoms with Crippen molar-refractivity contribution in [3.05, 3.63) is 68.0 Å². The number of nitriles is 1. The number of aromatic hydroxyl groups is 1. The monoisotopic (exact) mass is 463 g/mol. The number of benzene rings is 2. The minimum Gasteiger partial charge on any atom is -0.506 e. The van der Waals surface area contributed by atoms with Crippen LogP contribution in [-0.4, -0.2) is 40.1 Å². The molecule has 0 radical (unpaired) electrons. The number of ether oxygens (including phenoxy) is 1. The van der Waals surface area contributed by atoms with Gasteiger partial charge in [-0.05, 0) is 38.1 Å². The highest BCUT2D eigenvalue weighted by Gasteiger charge is 2.35. The van der Waals surface area contributed by atoms with Crippen molar-refractivity contribution in [2.24, 2.45) is 0 Å². The van der Waals surface area contributed by atoms with Gasteiger partial charge < -0.3 is 19.8 Å². The summed E-state index contributed by atoms with van der Waals surface area (Å²) in [5, 5.41) is 41.5. The van der Waals surface area contributed by atoms with Crippen molar-refractivity contribution in [2.45, 2.75) is 19.4 Å². The number of carbonyl (C=O) groups is 1. The van der Waals surface area contributed by atoms with Crippen LogP contribution in [0.15, 0.2) is 35.9 Å². The van der Waals surface area contributed by atoms with Gasteiger partial charge in [-0.1, -0.05) is 11.6 Å². The second-order valence-corrected chi connectivity index (χ2v) is 7.62. The first-order valence-electron chi connectivity index (χ1n) is 8.99. The van der Waals surface area contributed by atoms with Crippen LogP contribution >= 0.6 is 11.6 Å². The van der Waals surface area contributed by atoms with Crippen molar-refractivity contribution in [3.63, 3.8) is 0 Å². The van der Waals surface area contributed by atoms with Crippen molar-refractivity contribution < 1.29 is 29.1 Å². The molecular weight excluding hydrogens is 445 g/mol. The molecule has 9 nitrogen and oxygen atoms in total. The van der Waals surface area contributed by atoms with E-state index in [1.165, 1.54) is 33.0 Å². The molecule has 2 aromatic rings. The largest absolute Gasteiger partial charge is 0.506 e. The standard InChI is InChI=1S/C21H19ClFN3O6/c1-21(2,14-9-12(22)5-6-15(14)23)25(3)20(29)13(10-24)18(27)11-7-16(26(30)31)19(28)17(8-11)32-4/h5-9,27-28H,1-4H3/b18-13-. The zero-order chi connectivity index (χ0) is 24.4. The van der Waals surface area contributed by atoms with Gasteiger partial charge in [0, 0.05) is 29.3 Å². The van der Waals surface area contributed by atoms with E-state index in [9.17, 15) is 34.8 Å². The third-order valence-corrected chi connectivity index (χ3v) is 5.27. The van der Waals surface area contributed by atoms with Crippen molar-refractivity contribution >= 4 is 29.0 Å². The Balaban J connectivity index is 2.61. The summed E-state index contributed by atoms with van der Waals surface area (Å²) < 4.78 is 19.3.